The van der Waals surface area contributed by atoms with Gasteiger partial charge in [-0.15, -0.1) is 0 Å². The molecule has 1 saturated carbocycles. The Bertz CT molecular complexity index is 832. The van der Waals surface area contributed by atoms with Crippen LogP contribution in [0.5, 0.6) is 5.88 Å². The fourth-order valence-electron chi connectivity index (χ4n) is 3.83. The van der Waals surface area contributed by atoms with Crippen LogP contribution in [0.15, 0.2) is 12.1 Å². The van der Waals surface area contributed by atoms with Crippen LogP contribution in [-0.4, -0.2) is 68.3 Å². The number of nitrogens with one attached hydrogen (secondary N) is 1. The third-order valence-electron chi connectivity index (χ3n) is 5.95. The van der Waals surface area contributed by atoms with Crippen molar-refractivity contribution in [1.82, 2.24) is 10.3 Å². The van der Waals surface area contributed by atoms with Crippen molar-refractivity contribution in [2.45, 2.75) is 43.6 Å². The summed E-state index contributed by atoms with van der Waals surface area (Å²) in [4.78, 5) is 30.8. The number of halogens is 2. The zero-order valence-electron chi connectivity index (χ0n) is 17.5. The number of carbonyl (C=O) groups excluding carboxylic acids is 2. The van der Waals surface area contributed by atoms with Crippen LogP contribution in [-0.2, 0) is 14.3 Å². The van der Waals surface area contributed by atoms with Gasteiger partial charge >= 0.3 is 5.97 Å². The molecule has 0 bridgehead atoms. The van der Waals surface area contributed by atoms with Crippen LogP contribution in [0.4, 0.5) is 14.5 Å². The van der Waals surface area contributed by atoms with Gasteiger partial charge in [0.2, 0.25) is 5.88 Å². The maximum atomic E-state index is 13.4. The Kier molecular flexibility index (Phi) is 6.00. The summed E-state index contributed by atoms with van der Waals surface area (Å²) in [5.74, 6) is -2.98. The second-order valence-electron chi connectivity index (χ2n) is 8.59. The van der Waals surface area contributed by atoms with E-state index < -0.39 is 36.4 Å². The zero-order chi connectivity index (χ0) is 22.1. The van der Waals surface area contributed by atoms with Gasteiger partial charge in [-0.25, -0.2) is 13.8 Å². The number of nitrogens with zero attached hydrogens (tertiary/aromatic N) is 2. The number of pyridine rings is 1. The van der Waals surface area contributed by atoms with E-state index in [1.165, 1.54) is 18.1 Å². The molecule has 1 aliphatic carbocycles. The van der Waals surface area contributed by atoms with Crippen LogP contribution in [0.2, 0.25) is 0 Å². The lowest BCUT2D eigenvalue weighted by molar-refractivity contribution is -0.143. The van der Waals surface area contributed by atoms with Gasteiger partial charge in [-0.3, -0.25) is 9.59 Å². The molecule has 31 heavy (non-hydrogen) atoms. The first-order valence-electron chi connectivity index (χ1n) is 10.5. The highest BCUT2D eigenvalue weighted by atomic mass is 19.3. The molecule has 3 fully saturated rings. The average molecular weight is 439 g/mol. The van der Waals surface area contributed by atoms with Crippen molar-refractivity contribution in [2.75, 3.05) is 44.9 Å². The second-order valence-corrected chi connectivity index (χ2v) is 8.59. The second kappa shape index (κ2) is 8.57. The van der Waals surface area contributed by atoms with E-state index in [2.05, 4.69) is 10.3 Å². The molecule has 10 heteroatoms. The number of anilines is 1. The predicted octanol–water partition coefficient (Wildman–Crippen LogP) is 2.17. The van der Waals surface area contributed by atoms with Crippen molar-refractivity contribution in [3.8, 4) is 5.88 Å². The molecule has 8 nitrogen and oxygen atoms in total. The Hall–Kier alpha value is -2.49. The number of hydrogen-bond acceptors (Lipinski definition) is 7. The van der Waals surface area contributed by atoms with Crippen molar-refractivity contribution in [3.05, 3.63) is 17.8 Å². The number of aromatic nitrogens is 1. The van der Waals surface area contributed by atoms with E-state index in [0.29, 0.717) is 44.3 Å². The van der Waals surface area contributed by atoms with Gasteiger partial charge in [0.05, 0.1) is 38.8 Å². The van der Waals surface area contributed by atoms with E-state index in [9.17, 15) is 18.4 Å². The summed E-state index contributed by atoms with van der Waals surface area (Å²) in [6.07, 6.45) is 3.11. The van der Waals surface area contributed by atoms with Crippen LogP contribution in [0.25, 0.3) is 0 Å². The zero-order valence-corrected chi connectivity index (χ0v) is 17.5. The summed E-state index contributed by atoms with van der Waals surface area (Å²) in [6, 6.07) is 3.09. The van der Waals surface area contributed by atoms with E-state index in [-0.39, 0.29) is 18.0 Å². The maximum absolute atomic E-state index is 13.4. The molecule has 3 aliphatic rings. The van der Waals surface area contributed by atoms with Gasteiger partial charge in [0.1, 0.15) is 11.4 Å². The molecule has 170 valence electrons. The molecule has 1 aromatic rings. The summed E-state index contributed by atoms with van der Waals surface area (Å²) in [6.45, 7) is 0.481. The van der Waals surface area contributed by atoms with Crippen LogP contribution in [0.1, 0.15) is 42.6 Å². The predicted molar refractivity (Wildman–Crippen MR) is 106 cm³/mol. The molecule has 3 heterocycles. The third-order valence-corrected chi connectivity index (χ3v) is 5.95. The van der Waals surface area contributed by atoms with E-state index in [0.717, 1.165) is 12.8 Å². The Labute approximate surface area is 179 Å². The standard InChI is InChI=1S/C21H27F2N3O5/c1-29-17(27)10-20(6-8-30-9-7-20)25-18(28)15-4-5-16(26-12-21(22,23)13-26)19(24-15)31-11-14-2-3-14/h4-5,14H,2-3,6-13H2,1H3,(H,25,28). The first kappa shape index (κ1) is 21.7. The topological polar surface area (TPSA) is 90.0 Å². The largest absolute Gasteiger partial charge is 0.476 e. The van der Waals surface area contributed by atoms with Gasteiger partial charge in [0, 0.05) is 13.2 Å². The molecule has 0 radical (unpaired) electrons. The van der Waals surface area contributed by atoms with Crippen molar-refractivity contribution in [2.24, 2.45) is 5.92 Å². The molecule has 2 aliphatic heterocycles. The summed E-state index contributed by atoms with van der Waals surface area (Å²) in [7, 11) is 1.31. The van der Waals surface area contributed by atoms with Gasteiger partial charge in [0.25, 0.3) is 11.8 Å². The van der Waals surface area contributed by atoms with Crippen molar-refractivity contribution < 1.29 is 32.6 Å². The number of esters is 1. The summed E-state index contributed by atoms with van der Waals surface area (Å²) in [5, 5.41) is 2.94. The van der Waals surface area contributed by atoms with E-state index in [4.69, 9.17) is 14.2 Å². The number of carbonyl (C=O) groups is 2. The van der Waals surface area contributed by atoms with Crippen molar-refractivity contribution in [1.29, 1.82) is 0 Å². The lowest BCUT2D eigenvalue weighted by atomic mass is 9.86. The fraction of sp³-hybridized carbons (Fsp3) is 0.667. The molecular formula is C21H27F2N3O5. The van der Waals surface area contributed by atoms with Crippen LogP contribution >= 0.6 is 0 Å². The number of alkyl halides is 2. The lowest BCUT2D eigenvalue weighted by Crippen LogP contribution is -2.56. The normalized spacial score (nSPS) is 21.7. The lowest BCUT2D eigenvalue weighted by Gasteiger charge is -2.40. The van der Waals surface area contributed by atoms with Gasteiger partial charge in [-0.2, -0.15) is 0 Å². The number of rotatable bonds is 8. The summed E-state index contributed by atoms with van der Waals surface area (Å²) < 4.78 is 42.7. The molecule has 1 amide bonds. The Morgan fingerprint density at radius 2 is 1.97 bits per heavy atom. The SMILES string of the molecule is COC(=O)CC1(NC(=O)c2ccc(N3CC(F)(F)C3)c(OCC3CC3)n2)CCOCC1. The smallest absolute Gasteiger partial charge is 0.307 e. The number of ether oxygens (including phenoxy) is 3. The molecule has 0 unspecified atom stereocenters. The van der Waals surface area contributed by atoms with Gasteiger partial charge in [0.15, 0.2) is 0 Å². The Morgan fingerprint density at radius 3 is 2.58 bits per heavy atom. The molecule has 0 atom stereocenters. The number of hydrogen-bond donors (Lipinski definition) is 1. The quantitative estimate of drug-likeness (QED) is 0.621. The number of amides is 1. The minimum absolute atomic E-state index is 0.0323. The highest BCUT2D eigenvalue weighted by Gasteiger charge is 2.45. The molecule has 1 aromatic heterocycles. The first-order chi connectivity index (χ1) is 14.8. The molecule has 0 aromatic carbocycles. The maximum Gasteiger partial charge on any atom is 0.307 e. The van der Waals surface area contributed by atoms with Crippen molar-refractivity contribution in [3.63, 3.8) is 0 Å². The highest BCUT2D eigenvalue weighted by Crippen LogP contribution is 2.38. The summed E-state index contributed by atoms with van der Waals surface area (Å²) in [5.41, 5.74) is -0.215. The highest BCUT2D eigenvalue weighted by molar-refractivity contribution is 5.93. The molecule has 1 N–H and O–H groups in total. The van der Waals surface area contributed by atoms with E-state index in [1.54, 1.807) is 6.07 Å². The van der Waals surface area contributed by atoms with E-state index >= 15 is 0 Å². The Balaban J connectivity index is 1.52. The first-order valence-corrected chi connectivity index (χ1v) is 10.5. The van der Waals surface area contributed by atoms with E-state index in [1.807, 2.05) is 0 Å². The molecular weight excluding hydrogens is 412 g/mol. The summed E-state index contributed by atoms with van der Waals surface area (Å²) >= 11 is 0. The minimum atomic E-state index is -2.73. The van der Waals surface area contributed by atoms with Crippen molar-refractivity contribution >= 4 is 17.6 Å². The van der Waals surface area contributed by atoms with Crippen LogP contribution in [0.3, 0.4) is 0 Å². The van der Waals surface area contributed by atoms with Gasteiger partial charge < -0.3 is 24.4 Å². The van der Waals surface area contributed by atoms with Gasteiger partial charge in [-0.1, -0.05) is 0 Å². The number of methoxy groups -OCH3 is 1. The molecule has 0 spiro atoms. The molecule has 4 rings (SSSR count). The minimum Gasteiger partial charge on any atom is -0.476 e. The van der Waals surface area contributed by atoms with Gasteiger partial charge in [-0.05, 0) is 43.7 Å². The average Bonchev–Trinajstić information content (AvgIpc) is 3.55. The Morgan fingerprint density at radius 1 is 1.26 bits per heavy atom. The third kappa shape index (κ3) is 5.23. The fourth-order valence-corrected chi connectivity index (χ4v) is 3.83. The van der Waals surface area contributed by atoms with Crippen LogP contribution < -0.4 is 15.0 Å². The monoisotopic (exact) mass is 439 g/mol. The van der Waals surface area contributed by atoms with Crippen LogP contribution in [0, 0.1) is 5.92 Å². The molecule has 2 saturated heterocycles.